The Hall–Kier alpha value is -5.97. The zero-order chi connectivity index (χ0) is 30.8. The van der Waals surface area contributed by atoms with E-state index in [4.69, 9.17) is 14.2 Å². The maximum absolute atomic E-state index is 12.8. The van der Waals surface area contributed by atoms with Crippen molar-refractivity contribution in [1.82, 2.24) is 5.43 Å². The number of carbonyl (C=O) groups is 4. The number of ether oxygens (including phenoxy) is 3. The topological polar surface area (TPSA) is 144 Å². The molecule has 0 radical (unpaired) electrons. The van der Waals surface area contributed by atoms with Gasteiger partial charge in [0.25, 0.3) is 5.91 Å². The average molecular weight is 581 g/mol. The van der Waals surface area contributed by atoms with Crippen molar-refractivity contribution in [3.8, 4) is 17.2 Å². The Bertz CT molecular complexity index is 1670. The number of carbonyl (C=O) groups excluding carboxylic acids is 4. The van der Waals surface area contributed by atoms with Gasteiger partial charge in [-0.3, -0.25) is 14.4 Å². The van der Waals surface area contributed by atoms with Gasteiger partial charge in [-0.05, 0) is 79.2 Å². The fourth-order valence-corrected chi connectivity index (χ4v) is 3.76. The molecule has 218 valence electrons. The van der Waals surface area contributed by atoms with E-state index in [-0.39, 0.29) is 22.7 Å². The van der Waals surface area contributed by atoms with Crippen molar-refractivity contribution >= 4 is 41.3 Å². The summed E-state index contributed by atoms with van der Waals surface area (Å²) in [6.45, 7) is 1.93. The summed E-state index contributed by atoms with van der Waals surface area (Å²) >= 11 is 0. The highest BCUT2D eigenvalue weighted by atomic mass is 16.6. The van der Waals surface area contributed by atoms with E-state index < -0.39 is 23.7 Å². The molecule has 3 N–H and O–H groups in total. The van der Waals surface area contributed by atoms with Crippen LogP contribution >= 0.6 is 0 Å². The smallest absolute Gasteiger partial charge is 0.343 e. The van der Waals surface area contributed by atoms with Gasteiger partial charge in [0, 0.05) is 5.69 Å². The summed E-state index contributed by atoms with van der Waals surface area (Å²) in [7, 11) is 2.94. The molecule has 0 bridgehead atoms. The zero-order valence-corrected chi connectivity index (χ0v) is 23.5. The van der Waals surface area contributed by atoms with E-state index >= 15 is 0 Å². The second-order valence-electron chi connectivity index (χ2n) is 9.05. The van der Waals surface area contributed by atoms with Crippen molar-refractivity contribution in [3.05, 3.63) is 113 Å². The van der Waals surface area contributed by atoms with E-state index in [0.717, 1.165) is 5.56 Å². The average Bonchev–Trinajstić information content (AvgIpc) is 3.02. The lowest BCUT2D eigenvalue weighted by Crippen LogP contribution is -2.33. The Balaban J connectivity index is 1.35. The van der Waals surface area contributed by atoms with E-state index in [1.54, 1.807) is 54.6 Å². The molecule has 0 saturated carbocycles. The molecule has 0 aliphatic heterocycles. The molecular weight excluding hydrogens is 552 g/mol. The summed E-state index contributed by atoms with van der Waals surface area (Å²) in [5, 5.41) is 9.01. The summed E-state index contributed by atoms with van der Waals surface area (Å²) < 4.78 is 15.9. The minimum Gasteiger partial charge on any atom is -0.497 e. The number of benzene rings is 4. The fraction of sp³-hybridized carbons (Fsp3) is 0.0938. The van der Waals surface area contributed by atoms with Crippen LogP contribution in [-0.2, 0) is 9.59 Å². The molecule has 43 heavy (non-hydrogen) atoms. The fourth-order valence-electron chi connectivity index (χ4n) is 3.76. The Labute approximate surface area is 247 Å². The van der Waals surface area contributed by atoms with E-state index in [1.165, 1.54) is 44.7 Å². The van der Waals surface area contributed by atoms with Crippen molar-refractivity contribution in [2.75, 3.05) is 24.9 Å². The molecule has 0 fully saturated rings. The third kappa shape index (κ3) is 8.04. The maximum Gasteiger partial charge on any atom is 0.343 e. The molecule has 0 unspecified atom stereocenters. The standard InChI is InChI=1S/C32H28N4O7/c1-20-8-13-23(14-9-20)34-29(37)25-6-4-5-7-26(25)35-30(38)31(39)36-33-19-21-10-17-27(28(18-21)42-3)43-32(40)22-11-15-24(41-2)16-12-22/h4-19H,1-3H3,(H,34,37)(H,35,38)(H,36,39)/b33-19+. The predicted octanol–water partition coefficient (Wildman–Crippen LogP) is 4.57. The summed E-state index contributed by atoms with van der Waals surface area (Å²) in [6.07, 6.45) is 1.28. The third-order valence-corrected chi connectivity index (χ3v) is 6.03. The van der Waals surface area contributed by atoms with Crippen LogP contribution in [0.15, 0.2) is 96.1 Å². The van der Waals surface area contributed by atoms with Gasteiger partial charge in [-0.15, -0.1) is 0 Å². The summed E-state index contributed by atoms with van der Waals surface area (Å²) in [4.78, 5) is 50.2. The van der Waals surface area contributed by atoms with E-state index in [0.29, 0.717) is 22.6 Å². The molecule has 0 spiro atoms. The second kappa shape index (κ2) is 14.1. The van der Waals surface area contributed by atoms with Crippen LogP contribution in [0.2, 0.25) is 0 Å². The first-order valence-electron chi connectivity index (χ1n) is 12.9. The third-order valence-electron chi connectivity index (χ3n) is 6.03. The Morgan fingerprint density at radius 3 is 2.16 bits per heavy atom. The summed E-state index contributed by atoms with van der Waals surface area (Å²) in [6, 6.07) is 24.6. The lowest BCUT2D eigenvalue weighted by atomic mass is 10.1. The van der Waals surface area contributed by atoms with Crippen molar-refractivity contribution in [1.29, 1.82) is 0 Å². The number of hydrogen-bond acceptors (Lipinski definition) is 8. The Morgan fingerprint density at radius 1 is 0.744 bits per heavy atom. The monoisotopic (exact) mass is 580 g/mol. The molecule has 0 aliphatic carbocycles. The number of nitrogens with one attached hydrogen (secondary N) is 3. The van der Waals surface area contributed by atoms with Crippen LogP contribution in [0.25, 0.3) is 0 Å². The number of anilines is 2. The predicted molar refractivity (Wildman–Crippen MR) is 161 cm³/mol. The highest BCUT2D eigenvalue weighted by Crippen LogP contribution is 2.28. The molecule has 0 aliphatic rings. The first kappa shape index (κ1) is 30.0. The van der Waals surface area contributed by atoms with Crippen molar-refractivity contribution in [2.45, 2.75) is 6.92 Å². The zero-order valence-electron chi connectivity index (χ0n) is 23.5. The Kier molecular flexibility index (Phi) is 9.83. The van der Waals surface area contributed by atoms with Crippen molar-refractivity contribution in [3.63, 3.8) is 0 Å². The van der Waals surface area contributed by atoms with E-state index in [1.807, 2.05) is 19.1 Å². The van der Waals surface area contributed by atoms with Crippen molar-refractivity contribution < 1.29 is 33.4 Å². The number of nitrogens with zero attached hydrogens (tertiary/aromatic N) is 1. The van der Waals surface area contributed by atoms with Crippen LogP contribution in [0, 0.1) is 6.92 Å². The van der Waals surface area contributed by atoms with Gasteiger partial charge in [0.2, 0.25) is 0 Å². The molecular formula is C32H28N4O7. The minimum atomic E-state index is -1.05. The van der Waals surface area contributed by atoms with Gasteiger partial charge in [-0.2, -0.15) is 5.10 Å². The lowest BCUT2D eigenvalue weighted by Gasteiger charge is -2.11. The van der Waals surface area contributed by atoms with Crippen LogP contribution in [0.3, 0.4) is 0 Å². The number of rotatable bonds is 9. The largest absolute Gasteiger partial charge is 0.497 e. The maximum atomic E-state index is 12.8. The normalized spacial score (nSPS) is 10.5. The molecule has 0 atom stereocenters. The lowest BCUT2D eigenvalue weighted by molar-refractivity contribution is -0.136. The molecule has 0 aromatic heterocycles. The van der Waals surface area contributed by atoms with E-state index in [9.17, 15) is 19.2 Å². The number of hydrazone groups is 1. The quantitative estimate of drug-likeness (QED) is 0.0865. The van der Waals surface area contributed by atoms with Gasteiger partial charge in [-0.1, -0.05) is 29.8 Å². The molecule has 0 heterocycles. The van der Waals surface area contributed by atoms with Gasteiger partial charge in [-0.25, -0.2) is 10.2 Å². The highest BCUT2D eigenvalue weighted by Gasteiger charge is 2.18. The van der Waals surface area contributed by atoms with Crippen LogP contribution in [0.4, 0.5) is 11.4 Å². The molecule has 0 saturated heterocycles. The first-order valence-corrected chi connectivity index (χ1v) is 12.9. The number of hydrogen-bond donors (Lipinski definition) is 3. The Morgan fingerprint density at radius 2 is 1.47 bits per heavy atom. The number of methoxy groups -OCH3 is 2. The van der Waals surface area contributed by atoms with E-state index in [2.05, 4.69) is 21.2 Å². The molecule has 4 rings (SSSR count). The molecule has 4 aromatic carbocycles. The van der Waals surface area contributed by atoms with Crippen LogP contribution in [0.5, 0.6) is 17.2 Å². The van der Waals surface area contributed by atoms with Gasteiger partial charge in [0.15, 0.2) is 11.5 Å². The number of amides is 3. The number of esters is 1. The first-order chi connectivity index (χ1) is 20.8. The van der Waals surface area contributed by atoms with Gasteiger partial charge < -0.3 is 24.8 Å². The highest BCUT2D eigenvalue weighted by molar-refractivity contribution is 6.40. The van der Waals surface area contributed by atoms with Crippen molar-refractivity contribution in [2.24, 2.45) is 5.10 Å². The number of aryl methyl sites for hydroxylation is 1. The molecule has 11 heteroatoms. The van der Waals surface area contributed by atoms with Crippen LogP contribution in [-0.4, -0.2) is 44.1 Å². The minimum absolute atomic E-state index is 0.153. The van der Waals surface area contributed by atoms with Gasteiger partial charge in [0.1, 0.15) is 5.75 Å². The molecule has 11 nitrogen and oxygen atoms in total. The van der Waals surface area contributed by atoms with Crippen LogP contribution in [0.1, 0.15) is 31.8 Å². The number of para-hydroxylation sites is 1. The van der Waals surface area contributed by atoms with Crippen LogP contribution < -0.4 is 30.3 Å². The summed E-state index contributed by atoms with van der Waals surface area (Å²) in [5.74, 6) is -2.09. The van der Waals surface area contributed by atoms with Gasteiger partial charge >= 0.3 is 17.8 Å². The SMILES string of the molecule is COc1ccc(C(=O)Oc2ccc(/C=N/NC(=O)C(=O)Nc3ccccc3C(=O)Nc3ccc(C)cc3)cc2OC)cc1. The summed E-state index contributed by atoms with van der Waals surface area (Å²) in [5.41, 5.74) is 4.91. The second-order valence-corrected chi connectivity index (χ2v) is 9.05. The molecule has 3 amide bonds. The van der Waals surface area contributed by atoms with Gasteiger partial charge in [0.05, 0.1) is 37.2 Å². The molecule has 4 aromatic rings.